The summed E-state index contributed by atoms with van der Waals surface area (Å²) in [4.78, 5) is 24.6. The van der Waals surface area contributed by atoms with Gasteiger partial charge in [0.15, 0.2) is 5.69 Å². The number of hydrogen-bond acceptors (Lipinski definition) is 5. The summed E-state index contributed by atoms with van der Waals surface area (Å²) >= 11 is 0. The highest BCUT2D eigenvalue weighted by atomic mass is 16.5. The predicted molar refractivity (Wildman–Crippen MR) is 68.6 cm³/mol. The number of carbonyl (C=O) groups excluding carboxylic acids is 2. The first-order chi connectivity index (χ1) is 9.04. The van der Waals surface area contributed by atoms with Crippen LogP contribution in [0.4, 0.5) is 5.69 Å². The fourth-order valence-corrected chi connectivity index (χ4v) is 1.85. The van der Waals surface area contributed by atoms with Gasteiger partial charge in [-0.3, -0.25) is 14.7 Å². The van der Waals surface area contributed by atoms with Crippen molar-refractivity contribution in [2.75, 3.05) is 26.4 Å². The third-order valence-corrected chi connectivity index (χ3v) is 3.25. The summed E-state index contributed by atoms with van der Waals surface area (Å²) < 4.78 is 4.53. The smallest absolute Gasteiger partial charge is 0.307 e. The molecule has 0 aliphatic heterocycles. The van der Waals surface area contributed by atoms with Crippen LogP contribution in [0.1, 0.15) is 41.4 Å². The van der Waals surface area contributed by atoms with E-state index in [4.69, 9.17) is 5.73 Å². The first-order valence-corrected chi connectivity index (χ1v) is 6.20. The van der Waals surface area contributed by atoms with Gasteiger partial charge in [0.25, 0.3) is 5.91 Å². The first-order valence-electron chi connectivity index (χ1n) is 6.20. The minimum Gasteiger partial charge on any atom is -0.469 e. The fraction of sp³-hybridized carbons (Fsp3) is 0.583. The molecule has 1 aliphatic carbocycles. The molecule has 1 aromatic rings. The lowest BCUT2D eigenvalue weighted by Gasteiger charge is -2.15. The minimum absolute atomic E-state index is 0.151. The number of H-pyrrole nitrogens is 1. The van der Waals surface area contributed by atoms with Crippen LogP contribution in [0.2, 0.25) is 0 Å². The Kier molecular flexibility index (Phi) is 3.73. The molecule has 0 bridgehead atoms. The fourth-order valence-electron chi connectivity index (χ4n) is 1.85. The molecule has 1 aliphatic rings. The maximum absolute atomic E-state index is 12.1. The van der Waals surface area contributed by atoms with Gasteiger partial charge in [-0.1, -0.05) is 0 Å². The van der Waals surface area contributed by atoms with Crippen LogP contribution in [0, 0.1) is 0 Å². The van der Waals surface area contributed by atoms with E-state index in [0.717, 1.165) is 18.5 Å². The van der Waals surface area contributed by atoms with E-state index in [9.17, 15) is 9.59 Å². The lowest BCUT2D eigenvalue weighted by Crippen LogP contribution is -2.30. The number of amides is 1. The molecule has 7 nitrogen and oxygen atoms in total. The van der Waals surface area contributed by atoms with Crippen LogP contribution >= 0.6 is 0 Å². The second-order valence-corrected chi connectivity index (χ2v) is 4.73. The number of aromatic amines is 1. The highest BCUT2D eigenvalue weighted by molar-refractivity contribution is 5.97. The van der Waals surface area contributed by atoms with Crippen LogP contribution in [-0.2, 0) is 9.53 Å². The molecule has 1 aromatic heterocycles. The molecule has 0 radical (unpaired) electrons. The third-order valence-electron chi connectivity index (χ3n) is 3.25. The molecular weight excluding hydrogens is 248 g/mol. The number of anilines is 1. The molecule has 2 rings (SSSR count). The van der Waals surface area contributed by atoms with Gasteiger partial charge in [-0.25, -0.2) is 0 Å². The molecule has 0 saturated heterocycles. The first kappa shape index (κ1) is 13.4. The van der Waals surface area contributed by atoms with Gasteiger partial charge in [0.05, 0.1) is 24.9 Å². The zero-order valence-electron chi connectivity index (χ0n) is 11.1. The van der Waals surface area contributed by atoms with Crippen molar-refractivity contribution in [2.45, 2.75) is 25.2 Å². The molecule has 0 atom stereocenters. The zero-order valence-corrected chi connectivity index (χ0v) is 11.1. The van der Waals surface area contributed by atoms with Crippen molar-refractivity contribution in [3.05, 3.63) is 11.4 Å². The second-order valence-electron chi connectivity index (χ2n) is 4.73. The summed E-state index contributed by atoms with van der Waals surface area (Å²) in [5.41, 5.74) is 7.44. The van der Waals surface area contributed by atoms with Gasteiger partial charge in [0, 0.05) is 19.5 Å². The van der Waals surface area contributed by atoms with Gasteiger partial charge in [-0.15, -0.1) is 0 Å². The molecule has 1 fully saturated rings. The Morgan fingerprint density at radius 1 is 1.53 bits per heavy atom. The largest absolute Gasteiger partial charge is 0.469 e. The van der Waals surface area contributed by atoms with Crippen molar-refractivity contribution in [3.8, 4) is 0 Å². The lowest BCUT2D eigenvalue weighted by molar-refractivity contribution is -0.140. The monoisotopic (exact) mass is 266 g/mol. The summed E-state index contributed by atoms with van der Waals surface area (Å²) in [7, 11) is 2.92. The van der Waals surface area contributed by atoms with E-state index in [0.29, 0.717) is 11.6 Å². The number of esters is 1. The Labute approximate surface area is 111 Å². The quantitative estimate of drug-likeness (QED) is 0.756. The molecule has 0 aromatic carbocycles. The molecule has 7 heteroatoms. The lowest BCUT2D eigenvalue weighted by atomic mass is 10.2. The summed E-state index contributed by atoms with van der Waals surface area (Å²) in [6.45, 7) is 0.274. The van der Waals surface area contributed by atoms with Gasteiger partial charge in [-0.05, 0) is 12.8 Å². The van der Waals surface area contributed by atoms with E-state index in [1.54, 1.807) is 7.05 Å². The van der Waals surface area contributed by atoms with E-state index in [2.05, 4.69) is 14.9 Å². The van der Waals surface area contributed by atoms with Crippen LogP contribution < -0.4 is 5.73 Å². The number of ether oxygens (including phenoxy) is 1. The van der Waals surface area contributed by atoms with Crippen molar-refractivity contribution >= 4 is 17.6 Å². The van der Waals surface area contributed by atoms with Crippen molar-refractivity contribution in [3.63, 3.8) is 0 Å². The van der Waals surface area contributed by atoms with Gasteiger partial charge in [-0.2, -0.15) is 5.10 Å². The normalized spacial score (nSPS) is 14.2. The van der Waals surface area contributed by atoms with E-state index in [-0.39, 0.29) is 30.5 Å². The number of carbonyl (C=O) groups is 2. The van der Waals surface area contributed by atoms with E-state index >= 15 is 0 Å². The average molecular weight is 266 g/mol. The Morgan fingerprint density at radius 2 is 2.21 bits per heavy atom. The van der Waals surface area contributed by atoms with Crippen molar-refractivity contribution < 1.29 is 14.3 Å². The average Bonchev–Trinajstić information content (AvgIpc) is 3.18. The van der Waals surface area contributed by atoms with Gasteiger partial charge >= 0.3 is 5.97 Å². The number of nitrogens with one attached hydrogen (secondary N) is 1. The number of nitrogens with two attached hydrogens (primary N) is 1. The maximum atomic E-state index is 12.1. The summed E-state index contributed by atoms with van der Waals surface area (Å²) in [6.07, 6.45) is 2.31. The Bertz CT molecular complexity index is 493. The van der Waals surface area contributed by atoms with Crippen LogP contribution in [0.15, 0.2) is 0 Å². The predicted octanol–water partition coefficient (Wildman–Crippen LogP) is 0.504. The van der Waals surface area contributed by atoms with E-state index in [1.165, 1.54) is 12.0 Å². The highest BCUT2D eigenvalue weighted by Gasteiger charge is 2.31. The summed E-state index contributed by atoms with van der Waals surface area (Å²) in [5, 5.41) is 6.82. The summed E-state index contributed by atoms with van der Waals surface area (Å²) in [6, 6.07) is 0. The van der Waals surface area contributed by atoms with Gasteiger partial charge < -0.3 is 15.4 Å². The minimum atomic E-state index is -0.353. The Hall–Kier alpha value is -2.05. The van der Waals surface area contributed by atoms with Gasteiger partial charge in [0.2, 0.25) is 0 Å². The molecule has 3 N–H and O–H groups in total. The maximum Gasteiger partial charge on any atom is 0.307 e. The SMILES string of the molecule is COC(=O)CCN(C)C(=O)c1n[nH]c(C2CC2)c1N. The number of nitrogens with zero attached hydrogens (tertiary/aromatic N) is 2. The van der Waals surface area contributed by atoms with Crippen molar-refractivity contribution in [1.82, 2.24) is 15.1 Å². The van der Waals surface area contributed by atoms with Crippen LogP contribution in [-0.4, -0.2) is 47.7 Å². The number of methoxy groups -OCH3 is 1. The topological polar surface area (TPSA) is 101 Å². The second kappa shape index (κ2) is 5.29. The molecule has 19 heavy (non-hydrogen) atoms. The zero-order chi connectivity index (χ0) is 14.0. The number of nitrogen functional groups attached to an aromatic ring is 1. The van der Waals surface area contributed by atoms with Gasteiger partial charge in [0.1, 0.15) is 0 Å². The van der Waals surface area contributed by atoms with E-state index < -0.39 is 0 Å². The standard InChI is InChI=1S/C12H18N4O3/c1-16(6-5-8(17)19-2)12(18)11-9(13)10(14-15-11)7-3-4-7/h7H,3-6,13H2,1-2H3,(H,14,15). The Balaban J connectivity index is 2.00. The van der Waals surface area contributed by atoms with Crippen LogP contribution in [0.3, 0.4) is 0 Å². The molecule has 1 heterocycles. The molecule has 1 saturated carbocycles. The van der Waals surface area contributed by atoms with Crippen LogP contribution in [0.25, 0.3) is 0 Å². The molecule has 1 amide bonds. The molecular formula is C12H18N4O3. The van der Waals surface area contributed by atoms with E-state index in [1.807, 2.05) is 0 Å². The molecule has 0 spiro atoms. The number of rotatable bonds is 5. The van der Waals surface area contributed by atoms with Crippen molar-refractivity contribution in [2.24, 2.45) is 0 Å². The third kappa shape index (κ3) is 2.86. The van der Waals surface area contributed by atoms with Crippen LogP contribution in [0.5, 0.6) is 0 Å². The molecule has 0 unspecified atom stereocenters. The summed E-state index contributed by atoms with van der Waals surface area (Å²) in [5.74, 6) is -0.229. The Morgan fingerprint density at radius 3 is 2.79 bits per heavy atom. The number of hydrogen-bond donors (Lipinski definition) is 2. The molecule has 104 valence electrons. The number of aromatic nitrogens is 2. The highest BCUT2D eigenvalue weighted by Crippen LogP contribution is 2.42. The van der Waals surface area contributed by atoms with Crippen molar-refractivity contribution in [1.29, 1.82) is 0 Å².